The van der Waals surface area contributed by atoms with Crippen LogP contribution in [0.5, 0.6) is 5.75 Å². The molecule has 0 bridgehead atoms. The van der Waals surface area contributed by atoms with E-state index in [0.717, 1.165) is 24.4 Å². The van der Waals surface area contributed by atoms with Crippen molar-refractivity contribution in [2.75, 3.05) is 31.8 Å². The summed E-state index contributed by atoms with van der Waals surface area (Å²) in [4.78, 5) is 14.5. The molecule has 26 heavy (non-hydrogen) atoms. The van der Waals surface area contributed by atoms with Crippen LogP contribution in [0.15, 0.2) is 29.4 Å². The lowest BCUT2D eigenvalue weighted by molar-refractivity contribution is -0.130. The molecule has 140 valence electrons. The lowest BCUT2D eigenvalue weighted by atomic mass is 9.92. The van der Waals surface area contributed by atoms with E-state index in [2.05, 4.69) is 24.0 Å². The van der Waals surface area contributed by atoms with Crippen LogP contribution in [0.4, 0.5) is 0 Å². The summed E-state index contributed by atoms with van der Waals surface area (Å²) >= 11 is 1.32. The average molecular weight is 375 g/mol. The zero-order chi connectivity index (χ0) is 18.7. The molecule has 1 aliphatic heterocycles. The smallest absolute Gasteiger partial charge is 0.233 e. The molecule has 0 unspecified atom stereocenters. The second-order valence-corrected chi connectivity index (χ2v) is 7.88. The molecule has 1 aromatic heterocycles. The van der Waals surface area contributed by atoms with Crippen molar-refractivity contribution in [3.8, 4) is 17.1 Å². The Balaban J connectivity index is 1.63. The van der Waals surface area contributed by atoms with Gasteiger partial charge in [-0.15, -0.1) is 10.2 Å². The fourth-order valence-electron chi connectivity index (χ4n) is 3.40. The van der Waals surface area contributed by atoms with E-state index in [1.54, 1.807) is 7.11 Å². The molecule has 0 spiro atoms. The lowest BCUT2D eigenvalue weighted by Gasteiger charge is -2.34. The highest BCUT2D eigenvalue weighted by atomic mass is 32.2. The van der Waals surface area contributed by atoms with Gasteiger partial charge >= 0.3 is 0 Å². The van der Waals surface area contributed by atoms with Gasteiger partial charge in [0, 0.05) is 18.7 Å². The van der Waals surface area contributed by atoms with Crippen LogP contribution in [-0.2, 0) is 4.79 Å². The number of benzene rings is 1. The summed E-state index contributed by atoms with van der Waals surface area (Å²) in [6, 6.07) is 7.45. The maximum Gasteiger partial charge on any atom is 0.233 e. The molecule has 1 fully saturated rings. The third-order valence-electron chi connectivity index (χ3n) is 4.56. The molecule has 0 saturated carbocycles. The number of amides is 1. The van der Waals surface area contributed by atoms with Gasteiger partial charge in [-0.2, -0.15) is 0 Å². The van der Waals surface area contributed by atoms with E-state index in [-0.39, 0.29) is 5.91 Å². The lowest BCUT2D eigenvalue weighted by Crippen LogP contribution is -2.43. The quantitative estimate of drug-likeness (QED) is 0.637. The second kappa shape index (κ2) is 7.99. The molecule has 1 aromatic carbocycles. The minimum Gasteiger partial charge on any atom is -0.497 e. The van der Waals surface area contributed by atoms with Crippen molar-refractivity contribution in [3.63, 3.8) is 0 Å². The summed E-state index contributed by atoms with van der Waals surface area (Å²) in [5.41, 5.74) is 0.845. The number of rotatable bonds is 5. The summed E-state index contributed by atoms with van der Waals surface area (Å²) in [5, 5.41) is 8.82. The fourth-order valence-corrected chi connectivity index (χ4v) is 4.16. The first kappa shape index (κ1) is 18.6. The zero-order valence-corrected chi connectivity index (χ0v) is 16.2. The Morgan fingerprint density at radius 3 is 2.50 bits per heavy atom. The van der Waals surface area contributed by atoms with Crippen molar-refractivity contribution in [1.82, 2.24) is 19.8 Å². The van der Waals surface area contributed by atoms with Gasteiger partial charge < -0.3 is 15.5 Å². The molecule has 8 heteroatoms. The van der Waals surface area contributed by atoms with Crippen molar-refractivity contribution in [1.29, 1.82) is 0 Å². The van der Waals surface area contributed by atoms with Crippen LogP contribution in [0.25, 0.3) is 11.4 Å². The molecule has 7 nitrogen and oxygen atoms in total. The highest BCUT2D eigenvalue weighted by Gasteiger charge is 2.25. The molecule has 3 rings (SSSR count). The number of carbonyl (C=O) groups excluding carboxylic acids is 1. The number of methoxy groups -OCH3 is 1. The van der Waals surface area contributed by atoms with Gasteiger partial charge in [-0.05, 0) is 42.5 Å². The van der Waals surface area contributed by atoms with Gasteiger partial charge in [-0.25, -0.2) is 4.68 Å². The van der Waals surface area contributed by atoms with Crippen LogP contribution in [0.1, 0.15) is 20.3 Å². The number of likely N-dealkylation sites (tertiary alicyclic amines) is 1. The van der Waals surface area contributed by atoms with Gasteiger partial charge in [-0.3, -0.25) is 4.79 Å². The van der Waals surface area contributed by atoms with Crippen molar-refractivity contribution in [3.05, 3.63) is 24.3 Å². The van der Waals surface area contributed by atoms with E-state index in [0.29, 0.717) is 28.6 Å². The van der Waals surface area contributed by atoms with E-state index in [4.69, 9.17) is 10.6 Å². The van der Waals surface area contributed by atoms with Crippen molar-refractivity contribution < 1.29 is 9.53 Å². The monoisotopic (exact) mass is 375 g/mol. The maximum atomic E-state index is 12.5. The summed E-state index contributed by atoms with van der Waals surface area (Å²) in [6.07, 6.45) is 1.18. The molecule has 0 radical (unpaired) electrons. The normalized spacial score (nSPS) is 20.2. The minimum absolute atomic E-state index is 0.127. The number of thioether (sulfide) groups is 1. The molecule has 1 saturated heterocycles. The van der Waals surface area contributed by atoms with Crippen molar-refractivity contribution >= 4 is 17.7 Å². The van der Waals surface area contributed by atoms with Gasteiger partial charge in [-0.1, -0.05) is 25.6 Å². The Bertz CT molecular complexity index is 751. The Morgan fingerprint density at radius 1 is 1.23 bits per heavy atom. The van der Waals surface area contributed by atoms with Crippen LogP contribution in [-0.4, -0.2) is 51.6 Å². The van der Waals surface area contributed by atoms with Crippen LogP contribution < -0.4 is 10.6 Å². The molecule has 2 N–H and O–H groups in total. The predicted molar refractivity (Wildman–Crippen MR) is 102 cm³/mol. The SMILES string of the molecule is COc1ccc(-c2nnc(SCC(=O)N3C[C@H](C)C[C@@H](C)C3)n2N)cc1. The molecule has 1 aliphatic rings. The molecule has 2 heterocycles. The molecule has 2 aromatic rings. The molecular formula is C18H25N5O2S. The first-order chi connectivity index (χ1) is 12.5. The standard InChI is InChI=1S/C18H25N5O2S/c1-12-8-13(2)10-22(9-12)16(24)11-26-18-21-20-17(23(18)19)14-4-6-15(25-3)7-5-14/h4-7,12-13H,8-11,19H2,1-3H3/t12-,13-/m1/s1. The fraction of sp³-hybridized carbons (Fsp3) is 0.500. The number of nitrogens with zero attached hydrogens (tertiary/aromatic N) is 4. The number of carbonyl (C=O) groups is 1. The summed E-state index contributed by atoms with van der Waals surface area (Å²) < 4.78 is 6.59. The zero-order valence-electron chi connectivity index (χ0n) is 15.4. The summed E-state index contributed by atoms with van der Waals surface area (Å²) in [5.74, 6) is 8.99. The van der Waals surface area contributed by atoms with E-state index < -0.39 is 0 Å². The molecule has 0 aliphatic carbocycles. The van der Waals surface area contributed by atoms with E-state index >= 15 is 0 Å². The number of piperidine rings is 1. The predicted octanol–water partition coefficient (Wildman–Crippen LogP) is 2.26. The van der Waals surface area contributed by atoms with Gasteiger partial charge in [0.1, 0.15) is 5.75 Å². The van der Waals surface area contributed by atoms with Gasteiger partial charge in [0.2, 0.25) is 11.1 Å². The van der Waals surface area contributed by atoms with Gasteiger partial charge in [0.05, 0.1) is 12.9 Å². The van der Waals surface area contributed by atoms with Gasteiger partial charge in [0.25, 0.3) is 0 Å². The van der Waals surface area contributed by atoms with Crippen LogP contribution in [0.2, 0.25) is 0 Å². The van der Waals surface area contributed by atoms with Crippen LogP contribution in [0, 0.1) is 11.8 Å². The Morgan fingerprint density at radius 2 is 1.88 bits per heavy atom. The number of aromatic nitrogens is 3. The van der Waals surface area contributed by atoms with E-state index in [9.17, 15) is 4.79 Å². The highest BCUT2D eigenvalue weighted by molar-refractivity contribution is 7.99. The maximum absolute atomic E-state index is 12.5. The number of nitrogen functional groups attached to an aromatic ring is 1. The van der Waals surface area contributed by atoms with E-state index in [1.165, 1.54) is 22.9 Å². The third kappa shape index (κ3) is 4.12. The Kier molecular flexibility index (Phi) is 5.70. The molecule has 2 atom stereocenters. The number of nitrogens with two attached hydrogens (primary N) is 1. The van der Waals surface area contributed by atoms with Crippen molar-refractivity contribution in [2.45, 2.75) is 25.4 Å². The largest absolute Gasteiger partial charge is 0.497 e. The number of hydrogen-bond acceptors (Lipinski definition) is 6. The number of ether oxygens (including phenoxy) is 1. The van der Waals surface area contributed by atoms with Crippen molar-refractivity contribution in [2.24, 2.45) is 11.8 Å². The average Bonchev–Trinajstić information content (AvgIpc) is 2.99. The first-order valence-corrected chi connectivity index (χ1v) is 9.72. The summed E-state index contributed by atoms with van der Waals surface area (Å²) in [7, 11) is 1.62. The Labute approximate surface area is 157 Å². The summed E-state index contributed by atoms with van der Waals surface area (Å²) in [6.45, 7) is 6.05. The topological polar surface area (TPSA) is 86.3 Å². The van der Waals surface area contributed by atoms with Gasteiger partial charge in [0.15, 0.2) is 5.82 Å². The Hall–Kier alpha value is -2.22. The van der Waals surface area contributed by atoms with Crippen LogP contribution in [0.3, 0.4) is 0 Å². The number of hydrogen-bond donors (Lipinski definition) is 1. The van der Waals surface area contributed by atoms with E-state index in [1.807, 2.05) is 29.2 Å². The third-order valence-corrected chi connectivity index (χ3v) is 5.49. The second-order valence-electron chi connectivity index (χ2n) is 6.94. The first-order valence-electron chi connectivity index (χ1n) is 8.73. The highest BCUT2D eigenvalue weighted by Crippen LogP contribution is 2.25. The molecular weight excluding hydrogens is 350 g/mol. The minimum atomic E-state index is 0.127. The molecule has 1 amide bonds. The van der Waals surface area contributed by atoms with Crippen LogP contribution >= 0.6 is 11.8 Å².